The molecule has 24 N–H and O–H groups in total. The lowest BCUT2D eigenvalue weighted by Gasteiger charge is -2.46. The number of ether oxygens (including phenoxy) is 20. The summed E-state index contributed by atoms with van der Waals surface area (Å²) in [5.41, 5.74) is 0. The zero-order chi connectivity index (χ0) is 97.4. The standard InChI is InChI=1S/C84H154N4O44S2/c89-43-51-61(97)67(103)71(107)79(125-51)123-47-55-65(101)77(131-83-73(109)69(105)63(99)53(45-91)127-83)75(111)81(129-55)121-25-17-21-85-59(95)49-119-39-37-117-35-33-115-31-29-113-27-23-87-57(93)19-13-9-5-1-3-7-11-15-41-133-134-42-16-12-8-4-2-6-10-14-20-58(94)88-24-28-114-30-32-116-34-36-118-38-40-120-50-60(96)86-22-18-26-122-82-76(112)78(132-84-74(110)70(106)64(100)54(46-92)128-84)66(102)56(130-82)48-124-80-72(108)68(104)62(98)52(44-90)126-80/h51-56,61-84,89-92,97-112H,1-50H2,(H,85,95)(H,86,96)(H,87,93)(H,88,94)/t51-,52-,53-,54-,55-,56-,61-,62-,63-,64-,65-,66-,67+,68+,69+,70+,71+,72+,73+,74+,75+,76+,77+,78+,79+,80+,81+,82+,83-,84-/m1/s1. The van der Waals surface area contributed by atoms with Gasteiger partial charge in [-0.3, -0.25) is 19.2 Å². The van der Waals surface area contributed by atoms with Crippen molar-refractivity contribution < 1.29 is 216 Å². The van der Waals surface area contributed by atoms with Crippen LogP contribution < -0.4 is 21.3 Å². The Hall–Kier alpha value is -3.02. The van der Waals surface area contributed by atoms with Crippen LogP contribution in [0.5, 0.6) is 0 Å². The van der Waals surface area contributed by atoms with Crippen LogP contribution in [0, 0.1) is 0 Å². The van der Waals surface area contributed by atoms with E-state index in [0.29, 0.717) is 78.8 Å². The summed E-state index contributed by atoms with van der Waals surface area (Å²) < 4.78 is 111. The molecule has 0 spiro atoms. The van der Waals surface area contributed by atoms with E-state index in [4.69, 9.17) is 94.7 Å². The van der Waals surface area contributed by atoms with E-state index in [1.165, 1.54) is 75.7 Å². The Morgan fingerprint density at radius 3 is 0.799 bits per heavy atom. The van der Waals surface area contributed by atoms with Crippen LogP contribution in [0.2, 0.25) is 0 Å². The fourth-order valence-corrected chi connectivity index (χ4v) is 17.0. The van der Waals surface area contributed by atoms with Crippen molar-refractivity contribution in [1.29, 1.82) is 0 Å². The van der Waals surface area contributed by atoms with Gasteiger partial charge in [0.2, 0.25) is 23.6 Å². The topological polar surface area (TPSA) is 706 Å². The molecule has 30 atom stereocenters. The molecule has 6 fully saturated rings. The molecular weight excluding hydrogens is 1830 g/mol. The predicted molar refractivity (Wildman–Crippen MR) is 466 cm³/mol. The fraction of sp³-hybridized carbons (Fsp3) is 0.952. The lowest BCUT2D eigenvalue weighted by molar-refractivity contribution is -0.366. The molecule has 6 heterocycles. The molecule has 6 rings (SSSR count). The maximum absolute atomic E-state index is 12.4. The molecule has 48 nitrogen and oxygen atoms in total. The van der Waals surface area contributed by atoms with Crippen molar-refractivity contribution in [3.8, 4) is 0 Å². The first kappa shape index (κ1) is 120. The van der Waals surface area contributed by atoms with E-state index in [2.05, 4.69) is 21.3 Å². The van der Waals surface area contributed by atoms with E-state index in [1.54, 1.807) is 0 Å². The van der Waals surface area contributed by atoms with E-state index in [9.17, 15) is 121 Å². The largest absolute Gasteiger partial charge is 0.394 e. The van der Waals surface area contributed by atoms with Crippen molar-refractivity contribution in [2.45, 2.75) is 313 Å². The monoisotopic (exact) mass is 1990 g/mol. The van der Waals surface area contributed by atoms with Crippen LogP contribution in [0.25, 0.3) is 0 Å². The van der Waals surface area contributed by atoms with Gasteiger partial charge in [-0.2, -0.15) is 0 Å². The fourth-order valence-electron chi connectivity index (χ4n) is 14.7. The number of unbranched alkanes of at least 4 members (excludes halogenated alkanes) is 14. The van der Waals surface area contributed by atoms with Gasteiger partial charge in [-0.25, -0.2) is 0 Å². The molecule has 0 aromatic heterocycles. The summed E-state index contributed by atoms with van der Waals surface area (Å²) in [6.07, 6.45) is -30.9. The van der Waals surface area contributed by atoms with E-state index in [-0.39, 0.29) is 104 Å². The SMILES string of the molecule is O=C(CCCCCCCCCCSSCCCCCCCCCCC(=O)NCCOCCOCCOCCOCC(=O)NCCCO[C@H]1O[C@H](CO[C@H]2O[C@H](CO)[C@@H](O)[C@H](O)[C@@H]2O)[C@@H](O)[C@H](O[C@H]2O[C@H](CO)[C@@H](O)[C@H](O)[C@@H]2O)[C@@H]1O)NCCOCCOCCOCCOCC(=O)NCCCO[C@H]1O[C@H](CO[C@H]2O[C@H](CO)[C@@H](O)[C@H](O)[C@@H]2O)[C@@H](O)[C@H](O[C@H]2O[C@H](CO)[C@@H](O)[C@H](O)[C@@H]2O)[C@@H]1O. The number of hydrogen-bond donors (Lipinski definition) is 24. The smallest absolute Gasteiger partial charge is 0.246 e. The third-order valence-corrected chi connectivity index (χ3v) is 25.2. The highest BCUT2D eigenvalue weighted by molar-refractivity contribution is 8.76. The van der Waals surface area contributed by atoms with Crippen molar-refractivity contribution in [2.75, 3.05) is 196 Å². The summed E-state index contributed by atoms with van der Waals surface area (Å²) in [4.78, 5) is 49.4. The summed E-state index contributed by atoms with van der Waals surface area (Å²) in [6.45, 7) is -0.142. The molecule has 0 saturated carbocycles. The lowest BCUT2D eigenvalue weighted by atomic mass is 9.96. The number of aliphatic hydroxyl groups excluding tert-OH is 20. The van der Waals surface area contributed by atoms with Crippen molar-refractivity contribution >= 4 is 45.2 Å². The van der Waals surface area contributed by atoms with Gasteiger partial charge in [-0.05, 0) is 38.5 Å². The number of carbonyl (C=O) groups is 4. The van der Waals surface area contributed by atoms with Crippen molar-refractivity contribution in [2.24, 2.45) is 0 Å². The first-order valence-corrected chi connectivity index (χ1v) is 49.2. The molecule has 0 radical (unpaired) electrons. The molecule has 4 amide bonds. The van der Waals surface area contributed by atoms with Gasteiger partial charge < -0.3 is 218 Å². The Morgan fingerprint density at radius 1 is 0.231 bits per heavy atom. The average molecular weight is 1990 g/mol. The molecule has 0 aromatic carbocycles. The van der Waals surface area contributed by atoms with Crippen LogP contribution >= 0.6 is 21.6 Å². The summed E-state index contributed by atoms with van der Waals surface area (Å²) in [7, 11) is 3.96. The summed E-state index contributed by atoms with van der Waals surface area (Å²) in [6, 6.07) is 0. The number of rotatable bonds is 75. The predicted octanol–water partition coefficient (Wildman–Crippen LogP) is -8.30. The number of carbonyl (C=O) groups excluding carboxylic acids is 4. The summed E-state index contributed by atoms with van der Waals surface area (Å²) in [5.74, 6) is 1.51. The minimum absolute atomic E-state index is 0.0169. The van der Waals surface area contributed by atoms with Gasteiger partial charge in [0, 0.05) is 50.5 Å². The summed E-state index contributed by atoms with van der Waals surface area (Å²) >= 11 is 0. The molecule has 50 heteroatoms. The van der Waals surface area contributed by atoms with Gasteiger partial charge in [0.25, 0.3) is 0 Å². The molecule has 6 aliphatic heterocycles. The minimum Gasteiger partial charge on any atom is -0.394 e. The van der Waals surface area contributed by atoms with Crippen LogP contribution in [0.15, 0.2) is 0 Å². The van der Waals surface area contributed by atoms with E-state index >= 15 is 0 Å². The first-order chi connectivity index (χ1) is 64.8. The number of aliphatic hydroxyl groups is 20. The third-order valence-electron chi connectivity index (χ3n) is 22.6. The van der Waals surface area contributed by atoms with Gasteiger partial charge in [0.15, 0.2) is 37.7 Å². The van der Waals surface area contributed by atoms with E-state index < -0.39 is 236 Å². The second-order valence-corrected chi connectivity index (χ2v) is 35.8. The highest BCUT2D eigenvalue weighted by Gasteiger charge is 2.55. The van der Waals surface area contributed by atoms with E-state index in [1.807, 2.05) is 21.6 Å². The van der Waals surface area contributed by atoms with Crippen LogP contribution in [0.1, 0.15) is 128 Å². The first-order valence-electron chi connectivity index (χ1n) is 46.7. The van der Waals surface area contributed by atoms with Crippen LogP contribution in [0.3, 0.4) is 0 Å². The second-order valence-electron chi connectivity index (χ2n) is 33.1. The maximum atomic E-state index is 12.4. The lowest BCUT2D eigenvalue weighted by Crippen LogP contribution is -2.65. The Kier molecular flexibility index (Phi) is 63.1. The molecule has 0 aromatic rings. The van der Waals surface area contributed by atoms with Gasteiger partial charge in [0.1, 0.15) is 160 Å². The number of amides is 4. The van der Waals surface area contributed by atoms with Crippen molar-refractivity contribution in [1.82, 2.24) is 21.3 Å². The Morgan fingerprint density at radius 2 is 0.485 bits per heavy atom. The zero-order valence-electron chi connectivity index (χ0n) is 76.2. The Labute approximate surface area is 788 Å². The zero-order valence-corrected chi connectivity index (χ0v) is 77.9. The normalized spacial score (nSPS) is 32.4. The molecular formula is C84H154N4O44S2. The summed E-state index contributed by atoms with van der Waals surface area (Å²) in [5, 5.41) is 218. The molecule has 134 heavy (non-hydrogen) atoms. The van der Waals surface area contributed by atoms with Gasteiger partial charge in [-0.1, -0.05) is 98.6 Å². The van der Waals surface area contributed by atoms with Gasteiger partial charge in [0.05, 0.1) is 145 Å². The minimum atomic E-state index is -1.91. The Bertz CT molecular complexity index is 2820. The molecule has 6 saturated heterocycles. The second kappa shape index (κ2) is 70.6. The maximum Gasteiger partial charge on any atom is 0.246 e. The quantitative estimate of drug-likeness (QED) is 0.0199. The average Bonchev–Trinajstić information content (AvgIpc) is 0.784. The van der Waals surface area contributed by atoms with Crippen LogP contribution in [-0.4, -0.2) is 506 Å². The number of hydrogen-bond acceptors (Lipinski definition) is 46. The Balaban J connectivity index is 0.614. The highest BCUT2D eigenvalue weighted by Crippen LogP contribution is 2.35. The van der Waals surface area contributed by atoms with Gasteiger partial charge >= 0.3 is 0 Å². The highest BCUT2D eigenvalue weighted by atomic mass is 33.1. The molecule has 0 unspecified atom stereocenters. The van der Waals surface area contributed by atoms with Crippen molar-refractivity contribution in [3.05, 3.63) is 0 Å². The number of nitrogens with one attached hydrogen (secondary N) is 4. The molecule has 0 bridgehead atoms. The molecule has 6 aliphatic rings. The van der Waals surface area contributed by atoms with Crippen LogP contribution in [-0.2, 0) is 114 Å². The van der Waals surface area contributed by atoms with E-state index in [0.717, 1.165) is 38.5 Å². The molecule has 786 valence electrons. The van der Waals surface area contributed by atoms with Crippen LogP contribution in [0.4, 0.5) is 0 Å². The van der Waals surface area contributed by atoms with Crippen molar-refractivity contribution in [3.63, 3.8) is 0 Å². The molecule has 0 aliphatic carbocycles. The van der Waals surface area contributed by atoms with Gasteiger partial charge in [-0.15, -0.1) is 0 Å². The third kappa shape index (κ3) is 44.5.